The predicted octanol–water partition coefficient (Wildman–Crippen LogP) is 1.43. The first kappa shape index (κ1) is 18.3. The fourth-order valence-electron chi connectivity index (χ4n) is 2.84. The maximum absolute atomic E-state index is 12.1. The van der Waals surface area contributed by atoms with Gasteiger partial charge in [0.1, 0.15) is 18.9 Å². The lowest BCUT2D eigenvalue weighted by Gasteiger charge is -2.08. The molecule has 2 heterocycles. The van der Waals surface area contributed by atoms with Crippen LogP contribution in [0.4, 0.5) is 5.69 Å². The van der Waals surface area contributed by atoms with E-state index in [2.05, 4.69) is 5.32 Å². The minimum atomic E-state index is -0.771. The molecule has 1 aliphatic heterocycles. The summed E-state index contributed by atoms with van der Waals surface area (Å²) >= 11 is 0. The molecule has 0 bridgehead atoms. The SMILES string of the molecule is O=C(Cn1c(=O)oc2cc([N+](=O)[O-])ccc21)NCCOc1ccc2c(c1)OCO2. The van der Waals surface area contributed by atoms with Gasteiger partial charge in [-0.1, -0.05) is 0 Å². The Labute approximate surface area is 162 Å². The lowest BCUT2D eigenvalue weighted by atomic mass is 10.3. The van der Waals surface area contributed by atoms with Crippen molar-refractivity contribution in [1.29, 1.82) is 0 Å². The van der Waals surface area contributed by atoms with E-state index in [0.717, 1.165) is 10.6 Å². The quantitative estimate of drug-likeness (QED) is 0.357. The number of carbonyl (C=O) groups is 1. The smallest absolute Gasteiger partial charge is 0.420 e. The molecule has 11 heteroatoms. The van der Waals surface area contributed by atoms with Crippen molar-refractivity contribution in [3.8, 4) is 17.2 Å². The van der Waals surface area contributed by atoms with Gasteiger partial charge in [-0.05, 0) is 18.2 Å². The predicted molar refractivity (Wildman–Crippen MR) is 98.2 cm³/mol. The number of fused-ring (bicyclic) bond motifs is 2. The average Bonchev–Trinajstić information content (AvgIpc) is 3.28. The molecule has 29 heavy (non-hydrogen) atoms. The monoisotopic (exact) mass is 401 g/mol. The van der Waals surface area contributed by atoms with Crippen LogP contribution in [0.1, 0.15) is 0 Å². The van der Waals surface area contributed by atoms with Crippen molar-refractivity contribution in [2.24, 2.45) is 0 Å². The van der Waals surface area contributed by atoms with E-state index in [4.69, 9.17) is 18.6 Å². The molecule has 1 aromatic heterocycles. The van der Waals surface area contributed by atoms with Gasteiger partial charge in [-0.25, -0.2) is 4.79 Å². The molecule has 1 N–H and O–H groups in total. The Bertz CT molecular complexity index is 1150. The molecule has 1 amide bonds. The number of non-ortho nitro benzene ring substituents is 1. The first-order valence-electron chi connectivity index (χ1n) is 8.58. The van der Waals surface area contributed by atoms with E-state index in [1.165, 1.54) is 12.1 Å². The number of amides is 1. The number of carbonyl (C=O) groups excluding carboxylic acids is 1. The van der Waals surface area contributed by atoms with Crippen LogP contribution >= 0.6 is 0 Å². The molecule has 3 aromatic rings. The van der Waals surface area contributed by atoms with Gasteiger partial charge >= 0.3 is 5.76 Å². The van der Waals surface area contributed by atoms with Gasteiger partial charge < -0.3 is 23.9 Å². The molecule has 0 spiro atoms. The molecule has 0 radical (unpaired) electrons. The minimum absolute atomic E-state index is 0.0446. The molecule has 0 saturated carbocycles. The van der Waals surface area contributed by atoms with Crippen molar-refractivity contribution in [3.63, 3.8) is 0 Å². The third-order valence-corrected chi connectivity index (χ3v) is 4.20. The van der Waals surface area contributed by atoms with Gasteiger partial charge in [-0.2, -0.15) is 0 Å². The standard InChI is InChI=1S/C18H15N3O8/c22-17(19-5-6-26-12-2-4-14-16(8-12)28-10-27-14)9-20-13-3-1-11(21(24)25)7-15(13)29-18(20)23/h1-4,7-8H,5-6,9-10H2,(H,19,22). The molecule has 4 rings (SSSR count). The first-order chi connectivity index (χ1) is 14.0. The van der Waals surface area contributed by atoms with Crippen LogP contribution in [0, 0.1) is 10.1 Å². The molecule has 1 aliphatic rings. The molecule has 0 aliphatic carbocycles. The summed E-state index contributed by atoms with van der Waals surface area (Å²) in [5.41, 5.74) is 0.138. The summed E-state index contributed by atoms with van der Waals surface area (Å²) in [6.07, 6.45) is 0. The molecular weight excluding hydrogens is 386 g/mol. The molecule has 2 aromatic carbocycles. The number of nitrogens with zero attached hydrogens (tertiary/aromatic N) is 2. The number of rotatable bonds is 7. The van der Waals surface area contributed by atoms with Crippen molar-refractivity contribution in [3.05, 3.63) is 57.1 Å². The maximum Gasteiger partial charge on any atom is 0.420 e. The van der Waals surface area contributed by atoms with E-state index in [-0.39, 0.29) is 37.8 Å². The highest BCUT2D eigenvalue weighted by atomic mass is 16.7. The Morgan fingerprint density at radius 1 is 1.21 bits per heavy atom. The number of oxazole rings is 1. The van der Waals surface area contributed by atoms with Crippen molar-refractivity contribution >= 4 is 22.7 Å². The Morgan fingerprint density at radius 3 is 2.86 bits per heavy atom. The normalized spacial score (nSPS) is 12.1. The maximum atomic E-state index is 12.1. The highest BCUT2D eigenvalue weighted by molar-refractivity contribution is 5.80. The molecule has 11 nitrogen and oxygen atoms in total. The van der Waals surface area contributed by atoms with Gasteiger partial charge in [0.05, 0.1) is 23.1 Å². The van der Waals surface area contributed by atoms with Crippen molar-refractivity contribution in [2.45, 2.75) is 6.54 Å². The van der Waals surface area contributed by atoms with Crippen LogP contribution in [0.15, 0.2) is 45.6 Å². The van der Waals surface area contributed by atoms with Gasteiger partial charge in [-0.3, -0.25) is 19.5 Å². The van der Waals surface area contributed by atoms with Crippen LogP contribution in [0.25, 0.3) is 11.1 Å². The van der Waals surface area contributed by atoms with Crippen molar-refractivity contribution in [2.75, 3.05) is 19.9 Å². The average molecular weight is 401 g/mol. The zero-order valence-corrected chi connectivity index (χ0v) is 15.0. The van der Waals surface area contributed by atoms with Crippen molar-refractivity contribution < 1.29 is 28.3 Å². The molecular formula is C18H15N3O8. The largest absolute Gasteiger partial charge is 0.492 e. The molecule has 150 valence electrons. The van der Waals surface area contributed by atoms with Crippen LogP contribution in [0.5, 0.6) is 17.2 Å². The van der Waals surface area contributed by atoms with Gasteiger partial charge in [0, 0.05) is 12.1 Å². The van der Waals surface area contributed by atoms with Crippen LogP contribution in [0.3, 0.4) is 0 Å². The van der Waals surface area contributed by atoms with Crippen LogP contribution in [-0.4, -0.2) is 35.3 Å². The molecule has 0 atom stereocenters. The van der Waals surface area contributed by atoms with Crippen LogP contribution in [-0.2, 0) is 11.3 Å². The molecule has 0 unspecified atom stereocenters. The third-order valence-electron chi connectivity index (χ3n) is 4.20. The van der Waals surface area contributed by atoms with Gasteiger partial charge in [-0.15, -0.1) is 0 Å². The highest BCUT2D eigenvalue weighted by Crippen LogP contribution is 2.34. The van der Waals surface area contributed by atoms with Gasteiger partial charge in [0.2, 0.25) is 12.7 Å². The molecule has 0 fully saturated rings. The fourth-order valence-corrected chi connectivity index (χ4v) is 2.84. The number of aromatic nitrogens is 1. The highest BCUT2D eigenvalue weighted by Gasteiger charge is 2.16. The van der Waals surface area contributed by atoms with Crippen LogP contribution < -0.4 is 25.3 Å². The zero-order chi connectivity index (χ0) is 20.4. The van der Waals surface area contributed by atoms with E-state index in [0.29, 0.717) is 22.8 Å². The number of ether oxygens (including phenoxy) is 3. The summed E-state index contributed by atoms with van der Waals surface area (Å²) in [6, 6.07) is 8.91. The summed E-state index contributed by atoms with van der Waals surface area (Å²) in [5, 5.41) is 13.4. The Kier molecular flexibility index (Phi) is 4.77. The summed E-state index contributed by atoms with van der Waals surface area (Å²) in [4.78, 5) is 34.3. The van der Waals surface area contributed by atoms with E-state index >= 15 is 0 Å². The summed E-state index contributed by atoms with van der Waals surface area (Å²) in [6.45, 7) is 0.305. The van der Waals surface area contributed by atoms with E-state index in [1.807, 2.05) is 0 Å². The van der Waals surface area contributed by atoms with E-state index in [9.17, 15) is 19.7 Å². The number of hydrogen-bond acceptors (Lipinski definition) is 8. The third kappa shape index (κ3) is 3.83. The van der Waals surface area contributed by atoms with E-state index in [1.54, 1.807) is 18.2 Å². The molecule has 0 saturated heterocycles. The summed E-state index contributed by atoms with van der Waals surface area (Å²) in [5.74, 6) is 0.614. The first-order valence-corrected chi connectivity index (χ1v) is 8.58. The Hall–Kier alpha value is -4.02. The number of nitro benzene ring substituents is 1. The topological polar surface area (TPSA) is 135 Å². The van der Waals surface area contributed by atoms with Crippen LogP contribution in [0.2, 0.25) is 0 Å². The minimum Gasteiger partial charge on any atom is -0.492 e. The van der Waals surface area contributed by atoms with Gasteiger partial charge in [0.25, 0.3) is 5.69 Å². The zero-order valence-electron chi connectivity index (χ0n) is 15.0. The number of hydrogen-bond donors (Lipinski definition) is 1. The Balaban J connectivity index is 1.32. The summed E-state index contributed by atoms with van der Waals surface area (Å²) < 4.78 is 22.1. The second kappa shape index (κ2) is 7.54. The lowest BCUT2D eigenvalue weighted by Crippen LogP contribution is -2.33. The van der Waals surface area contributed by atoms with E-state index < -0.39 is 16.6 Å². The number of benzene rings is 2. The number of nitrogens with one attached hydrogen (secondary N) is 1. The summed E-state index contributed by atoms with van der Waals surface area (Å²) in [7, 11) is 0. The lowest BCUT2D eigenvalue weighted by molar-refractivity contribution is -0.384. The number of nitro groups is 1. The second-order valence-electron chi connectivity index (χ2n) is 6.08. The fraction of sp³-hybridized carbons (Fsp3) is 0.222. The Morgan fingerprint density at radius 2 is 2.03 bits per heavy atom. The van der Waals surface area contributed by atoms with Crippen molar-refractivity contribution in [1.82, 2.24) is 9.88 Å². The van der Waals surface area contributed by atoms with Gasteiger partial charge in [0.15, 0.2) is 17.1 Å². The second-order valence-corrected chi connectivity index (χ2v) is 6.08.